The molecule has 2 N–H and O–H groups in total. The van der Waals surface area contributed by atoms with E-state index in [0.717, 1.165) is 0 Å². The Labute approximate surface area is 89.5 Å². The second-order valence-electron chi connectivity index (χ2n) is 3.48. The van der Waals surface area contributed by atoms with E-state index in [4.69, 9.17) is 5.73 Å². The summed E-state index contributed by atoms with van der Waals surface area (Å²) in [5.74, 6) is -1.12. The van der Waals surface area contributed by atoms with Gasteiger partial charge in [0, 0.05) is 5.54 Å². The number of hydrogen-bond donors (Lipinski definition) is 1. The minimum Gasteiger partial charge on any atom is -0.322 e. The van der Waals surface area contributed by atoms with Crippen molar-refractivity contribution in [2.75, 3.05) is 0 Å². The Balaban J connectivity index is 3.29. The molecule has 0 saturated carbocycles. The number of halogens is 3. The predicted molar refractivity (Wildman–Crippen MR) is 56.3 cm³/mol. The average molecular weight is 297 g/mol. The molecule has 72 valence electrons. The van der Waals surface area contributed by atoms with Crippen LogP contribution in [0.5, 0.6) is 0 Å². The molecule has 0 radical (unpaired) electrons. The molecule has 0 fully saturated rings. The average Bonchev–Trinajstić information content (AvgIpc) is 1.97. The summed E-state index contributed by atoms with van der Waals surface area (Å²) in [6, 6.07) is 2.54. The molecule has 0 amide bonds. The van der Waals surface area contributed by atoms with Gasteiger partial charge in [-0.05, 0) is 54.1 Å². The van der Waals surface area contributed by atoms with Crippen LogP contribution in [0.2, 0.25) is 0 Å². The van der Waals surface area contributed by atoms with E-state index in [-0.39, 0.29) is 3.57 Å². The van der Waals surface area contributed by atoms with Crippen LogP contribution in [0.3, 0.4) is 0 Å². The van der Waals surface area contributed by atoms with Gasteiger partial charge in [0.05, 0.1) is 3.57 Å². The molecule has 0 aliphatic rings. The van der Waals surface area contributed by atoms with Crippen molar-refractivity contribution in [1.82, 2.24) is 0 Å². The van der Waals surface area contributed by atoms with Gasteiger partial charge >= 0.3 is 0 Å². The standard InChI is InChI=1S/C9H10F2IN/c1-9(2,13)5-3-6(10)8(12)7(11)4-5/h3-4H,13H2,1-2H3. The van der Waals surface area contributed by atoms with E-state index >= 15 is 0 Å². The molecule has 0 spiro atoms. The summed E-state index contributed by atoms with van der Waals surface area (Å²) in [5, 5.41) is 0. The Kier molecular flexibility index (Phi) is 2.91. The van der Waals surface area contributed by atoms with Crippen molar-refractivity contribution in [3.05, 3.63) is 32.9 Å². The Morgan fingerprint density at radius 1 is 1.23 bits per heavy atom. The zero-order chi connectivity index (χ0) is 10.2. The lowest BCUT2D eigenvalue weighted by atomic mass is 9.96. The molecule has 1 rings (SSSR count). The quantitative estimate of drug-likeness (QED) is 0.626. The number of benzene rings is 1. The largest absolute Gasteiger partial charge is 0.322 e. The van der Waals surface area contributed by atoms with Crippen LogP contribution in [0.4, 0.5) is 8.78 Å². The van der Waals surface area contributed by atoms with Gasteiger partial charge in [-0.2, -0.15) is 0 Å². The molecule has 0 aromatic heterocycles. The molecule has 0 heterocycles. The summed E-state index contributed by atoms with van der Waals surface area (Å²) in [6.07, 6.45) is 0. The fourth-order valence-corrected chi connectivity index (χ4v) is 1.24. The number of nitrogens with two attached hydrogens (primary N) is 1. The molecule has 0 unspecified atom stereocenters. The highest BCUT2D eigenvalue weighted by Crippen LogP contribution is 2.23. The summed E-state index contributed by atoms with van der Waals surface area (Å²) in [6.45, 7) is 3.40. The van der Waals surface area contributed by atoms with Gasteiger partial charge in [0.25, 0.3) is 0 Å². The van der Waals surface area contributed by atoms with E-state index in [1.54, 1.807) is 36.4 Å². The van der Waals surface area contributed by atoms with Crippen molar-refractivity contribution >= 4 is 22.6 Å². The smallest absolute Gasteiger partial charge is 0.139 e. The van der Waals surface area contributed by atoms with Crippen molar-refractivity contribution < 1.29 is 8.78 Å². The van der Waals surface area contributed by atoms with E-state index in [1.165, 1.54) is 12.1 Å². The van der Waals surface area contributed by atoms with Gasteiger partial charge in [0.1, 0.15) is 11.6 Å². The number of rotatable bonds is 1. The van der Waals surface area contributed by atoms with Gasteiger partial charge in [-0.1, -0.05) is 0 Å². The first kappa shape index (κ1) is 10.8. The highest BCUT2D eigenvalue weighted by molar-refractivity contribution is 14.1. The minimum atomic E-state index is -0.716. The molecule has 0 aliphatic heterocycles. The van der Waals surface area contributed by atoms with E-state index in [2.05, 4.69) is 0 Å². The van der Waals surface area contributed by atoms with Crippen molar-refractivity contribution in [2.24, 2.45) is 5.73 Å². The van der Waals surface area contributed by atoms with E-state index in [1.807, 2.05) is 0 Å². The van der Waals surface area contributed by atoms with Crippen LogP contribution in [0, 0.1) is 15.2 Å². The van der Waals surface area contributed by atoms with Crippen molar-refractivity contribution in [3.63, 3.8) is 0 Å². The third-order valence-electron chi connectivity index (χ3n) is 1.73. The van der Waals surface area contributed by atoms with Gasteiger partial charge < -0.3 is 5.73 Å². The lowest BCUT2D eigenvalue weighted by Gasteiger charge is -2.19. The molecular weight excluding hydrogens is 287 g/mol. The van der Waals surface area contributed by atoms with Crippen molar-refractivity contribution in [3.8, 4) is 0 Å². The van der Waals surface area contributed by atoms with Crippen LogP contribution >= 0.6 is 22.6 Å². The lowest BCUT2D eigenvalue weighted by molar-refractivity contribution is 0.520. The fraction of sp³-hybridized carbons (Fsp3) is 0.333. The van der Waals surface area contributed by atoms with Crippen LogP contribution in [-0.4, -0.2) is 0 Å². The molecule has 0 bridgehead atoms. The second kappa shape index (κ2) is 3.49. The summed E-state index contributed by atoms with van der Waals surface area (Å²) >= 11 is 1.62. The van der Waals surface area contributed by atoms with Gasteiger partial charge in [-0.15, -0.1) is 0 Å². The maximum absolute atomic E-state index is 13.1. The summed E-state index contributed by atoms with van der Waals surface area (Å²) in [5.41, 5.74) is 5.45. The zero-order valence-electron chi connectivity index (χ0n) is 7.37. The van der Waals surface area contributed by atoms with Crippen LogP contribution in [-0.2, 0) is 5.54 Å². The summed E-state index contributed by atoms with van der Waals surface area (Å²) < 4.78 is 26.1. The van der Waals surface area contributed by atoms with Gasteiger partial charge in [0.2, 0.25) is 0 Å². The molecule has 1 aromatic carbocycles. The maximum atomic E-state index is 13.1. The van der Waals surface area contributed by atoms with Crippen LogP contribution in [0.15, 0.2) is 12.1 Å². The summed E-state index contributed by atoms with van der Waals surface area (Å²) in [7, 11) is 0. The monoisotopic (exact) mass is 297 g/mol. The first-order valence-electron chi connectivity index (χ1n) is 3.76. The third-order valence-corrected chi connectivity index (χ3v) is 2.76. The SMILES string of the molecule is CC(C)(N)c1cc(F)c(I)c(F)c1. The van der Waals surface area contributed by atoms with Crippen molar-refractivity contribution in [2.45, 2.75) is 19.4 Å². The Hall–Kier alpha value is -0.230. The minimum absolute atomic E-state index is 0.00519. The molecule has 4 heteroatoms. The molecule has 0 atom stereocenters. The first-order valence-corrected chi connectivity index (χ1v) is 4.84. The maximum Gasteiger partial charge on any atom is 0.139 e. The van der Waals surface area contributed by atoms with E-state index in [0.29, 0.717) is 5.56 Å². The van der Waals surface area contributed by atoms with Crippen LogP contribution in [0.1, 0.15) is 19.4 Å². The van der Waals surface area contributed by atoms with Crippen LogP contribution in [0.25, 0.3) is 0 Å². The van der Waals surface area contributed by atoms with Gasteiger partial charge in [-0.25, -0.2) is 8.78 Å². The molecule has 13 heavy (non-hydrogen) atoms. The molecule has 1 aromatic rings. The lowest BCUT2D eigenvalue weighted by Crippen LogP contribution is -2.29. The molecule has 0 aliphatic carbocycles. The molecule has 1 nitrogen and oxygen atoms in total. The first-order chi connectivity index (χ1) is 5.82. The zero-order valence-corrected chi connectivity index (χ0v) is 9.52. The highest BCUT2D eigenvalue weighted by Gasteiger charge is 2.18. The van der Waals surface area contributed by atoms with Crippen LogP contribution < -0.4 is 5.73 Å². The Morgan fingerprint density at radius 2 is 1.62 bits per heavy atom. The number of hydrogen-bond acceptors (Lipinski definition) is 1. The second-order valence-corrected chi connectivity index (χ2v) is 4.55. The van der Waals surface area contributed by atoms with E-state index in [9.17, 15) is 8.78 Å². The predicted octanol–water partition coefficient (Wildman–Crippen LogP) is 2.76. The van der Waals surface area contributed by atoms with E-state index < -0.39 is 17.2 Å². The van der Waals surface area contributed by atoms with Gasteiger partial charge in [0.15, 0.2) is 0 Å². The fourth-order valence-electron chi connectivity index (χ4n) is 0.928. The Morgan fingerprint density at radius 3 is 1.92 bits per heavy atom. The third kappa shape index (κ3) is 2.37. The van der Waals surface area contributed by atoms with Crippen molar-refractivity contribution in [1.29, 1.82) is 0 Å². The highest BCUT2D eigenvalue weighted by atomic mass is 127. The Bertz CT molecular complexity index is 308. The normalized spacial score (nSPS) is 11.8. The molecular formula is C9H10F2IN. The summed E-state index contributed by atoms with van der Waals surface area (Å²) in [4.78, 5) is 0. The van der Waals surface area contributed by atoms with Gasteiger partial charge in [-0.3, -0.25) is 0 Å². The molecule has 0 saturated heterocycles. The topological polar surface area (TPSA) is 26.0 Å².